The highest BCUT2D eigenvalue weighted by atomic mass is 32.1. The molecule has 92 valence electrons. The first kappa shape index (κ1) is 12.7. The summed E-state index contributed by atoms with van der Waals surface area (Å²) in [4.78, 5) is 7.26. The van der Waals surface area contributed by atoms with E-state index in [0.29, 0.717) is 0 Å². The molecule has 0 radical (unpaired) electrons. The lowest BCUT2D eigenvalue weighted by Gasteiger charge is -2.04. The molecule has 4 heteroatoms. The number of aromatic nitrogens is 1. The predicted octanol–water partition coefficient (Wildman–Crippen LogP) is 3.67. The molecule has 0 saturated carbocycles. The summed E-state index contributed by atoms with van der Waals surface area (Å²) in [7, 11) is 0. The van der Waals surface area contributed by atoms with E-state index < -0.39 is 0 Å². The van der Waals surface area contributed by atoms with Gasteiger partial charge in [0.1, 0.15) is 0 Å². The molecule has 2 aromatic rings. The van der Waals surface area contributed by atoms with E-state index in [0.717, 1.165) is 24.5 Å². The van der Waals surface area contributed by atoms with Gasteiger partial charge >= 0.3 is 0 Å². The summed E-state index contributed by atoms with van der Waals surface area (Å²) in [5, 5.41) is 6.85. The first-order chi connectivity index (χ1) is 8.20. The summed E-state index contributed by atoms with van der Waals surface area (Å²) in [6, 6.07) is 2.23. The van der Waals surface area contributed by atoms with E-state index in [2.05, 4.69) is 42.5 Å². The monoisotopic (exact) mass is 266 g/mol. The number of thiophene rings is 1. The summed E-state index contributed by atoms with van der Waals surface area (Å²) < 4.78 is 0. The fourth-order valence-electron chi connectivity index (χ4n) is 1.86. The maximum atomic E-state index is 4.44. The fourth-order valence-corrected chi connectivity index (χ4v) is 3.72. The van der Waals surface area contributed by atoms with Crippen LogP contribution in [0.2, 0.25) is 0 Å². The van der Waals surface area contributed by atoms with Crippen LogP contribution in [0.15, 0.2) is 11.4 Å². The standard InChI is InChI=1S/C13H18N2S2/c1-4-11-5-6-16-13(11)8-14-7-12-9(2)15-10(3)17-12/h5-6,14H,4,7-8H2,1-3H3. The van der Waals surface area contributed by atoms with Crippen molar-refractivity contribution < 1.29 is 0 Å². The molecule has 0 aliphatic rings. The smallest absolute Gasteiger partial charge is 0.0900 e. The zero-order valence-corrected chi connectivity index (χ0v) is 12.2. The molecule has 17 heavy (non-hydrogen) atoms. The molecule has 0 amide bonds. The molecular weight excluding hydrogens is 248 g/mol. The van der Waals surface area contributed by atoms with Crippen molar-refractivity contribution in [2.45, 2.75) is 40.3 Å². The molecule has 0 bridgehead atoms. The van der Waals surface area contributed by atoms with Crippen molar-refractivity contribution in [3.05, 3.63) is 37.5 Å². The van der Waals surface area contributed by atoms with E-state index >= 15 is 0 Å². The largest absolute Gasteiger partial charge is 0.307 e. The third kappa shape index (κ3) is 3.15. The Morgan fingerprint density at radius 1 is 1.24 bits per heavy atom. The topological polar surface area (TPSA) is 24.9 Å². The Labute approximate surface area is 111 Å². The van der Waals surface area contributed by atoms with Crippen LogP contribution in [0.1, 0.15) is 32.9 Å². The number of thiazole rings is 1. The fraction of sp³-hybridized carbons (Fsp3) is 0.462. The first-order valence-corrected chi connectivity index (χ1v) is 7.59. The van der Waals surface area contributed by atoms with Gasteiger partial charge in [-0.3, -0.25) is 0 Å². The quantitative estimate of drug-likeness (QED) is 0.893. The molecule has 0 aliphatic carbocycles. The van der Waals surface area contributed by atoms with Crippen molar-refractivity contribution in [3.8, 4) is 0 Å². The zero-order valence-electron chi connectivity index (χ0n) is 10.5. The van der Waals surface area contributed by atoms with Crippen molar-refractivity contribution >= 4 is 22.7 Å². The van der Waals surface area contributed by atoms with Gasteiger partial charge in [-0.05, 0) is 37.3 Å². The number of nitrogens with zero attached hydrogens (tertiary/aromatic N) is 1. The van der Waals surface area contributed by atoms with E-state index in [1.54, 1.807) is 11.3 Å². The molecule has 1 N–H and O–H groups in total. The van der Waals surface area contributed by atoms with Gasteiger partial charge in [0, 0.05) is 22.8 Å². The Morgan fingerprint density at radius 2 is 2.00 bits per heavy atom. The minimum Gasteiger partial charge on any atom is -0.307 e. The van der Waals surface area contributed by atoms with Crippen LogP contribution in [0.4, 0.5) is 0 Å². The third-order valence-electron chi connectivity index (χ3n) is 2.79. The lowest BCUT2D eigenvalue weighted by atomic mass is 10.2. The van der Waals surface area contributed by atoms with Crippen molar-refractivity contribution in [1.82, 2.24) is 10.3 Å². The second kappa shape index (κ2) is 5.76. The van der Waals surface area contributed by atoms with Crippen molar-refractivity contribution in [1.29, 1.82) is 0 Å². The summed E-state index contributed by atoms with van der Waals surface area (Å²) >= 11 is 3.64. The average molecular weight is 266 g/mol. The number of aryl methyl sites for hydroxylation is 3. The molecule has 0 atom stereocenters. The molecule has 0 unspecified atom stereocenters. The second-order valence-corrected chi connectivity index (χ2v) is 6.36. The van der Waals surface area contributed by atoms with E-state index in [4.69, 9.17) is 0 Å². The van der Waals surface area contributed by atoms with Gasteiger partial charge < -0.3 is 5.32 Å². The first-order valence-electron chi connectivity index (χ1n) is 5.89. The molecule has 0 spiro atoms. The predicted molar refractivity (Wildman–Crippen MR) is 75.8 cm³/mol. The Morgan fingerprint density at radius 3 is 2.65 bits per heavy atom. The second-order valence-electron chi connectivity index (χ2n) is 4.07. The maximum Gasteiger partial charge on any atom is 0.0900 e. The summed E-state index contributed by atoms with van der Waals surface area (Å²) in [5.74, 6) is 0. The molecule has 2 aromatic heterocycles. The van der Waals surface area contributed by atoms with Gasteiger partial charge in [-0.15, -0.1) is 22.7 Å². The van der Waals surface area contributed by atoms with Crippen LogP contribution < -0.4 is 5.32 Å². The van der Waals surface area contributed by atoms with Crippen LogP contribution >= 0.6 is 22.7 Å². The Hall–Kier alpha value is -0.710. The van der Waals surface area contributed by atoms with Gasteiger partial charge in [0.25, 0.3) is 0 Å². The highest BCUT2D eigenvalue weighted by Crippen LogP contribution is 2.19. The van der Waals surface area contributed by atoms with Gasteiger partial charge in [0.05, 0.1) is 10.7 Å². The van der Waals surface area contributed by atoms with Crippen LogP contribution in [0, 0.1) is 13.8 Å². The van der Waals surface area contributed by atoms with Gasteiger partial charge in [-0.2, -0.15) is 0 Å². The van der Waals surface area contributed by atoms with E-state index in [-0.39, 0.29) is 0 Å². The van der Waals surface area contributed by atoms with Crippen LogP contribution in [0.3, 0.4) is 0 Å². The molecule has 0 aromatic carbocycles. The number of hydrogen-bond acceptors (Lipinski definition) is 4. The van der Waals surface area contributed by atoms with Crippen LogP contribution in [-0.4, -0.2) is 4.98 Å². The van der Waals surface area contributed by atoms with E-state index in [9.17, 15) is 0 Å². The van der Waals surface area contributed by atoms with E-state index in [1.807, 2.05) is 11.3 Å². The Balaban J connectivity index is 1.89. The molecule has 0 aliphatic heterocycles. The summed E-state index contributed by atoms with van der Waals surface area (Å²) in [5.41, 5.74) is 2.64. The third-order valence-corrected chi connectivity index (χ3v) is 4.83. The highest BCUT2D eigenvalue weighted by molar-refractivity contribution is 7.11. The minimum absolute atomic E-state index is 0.929. The van der Waals surface area contributed by atoms with Crippen molar-refractivity contribution in [2.24, 2.45) is 0 Å². The normalized spacial score (nSPS) is 11.0. The molecule has 2 heterocycles. The van der Waals surface area contributed by atoms with Gasteiger partial charge in [-0.1, -0.05) is 6.92 Å². The molecule has 0 saturated heterocycles. The molecule has 0 fully saturated rings. The van der Waals surface area contributed by atoms with Gasteiger partial charge in [-0.25, -0.2) is 4.98 Å². The number of nitrogens with one attached hydrogen (secondary N) is 1. The highest BCUT2D eigenvalue weighted by Gasteiger charge is 2.05. The van der Waals surface area contributed by atoms with E-state index in [1.165, 1.54) is 21.0 Å². The van der Waals surface area contributed by atoms with Crippen LogP contribution in [0.25, 0.3) is 0 Å². The average Bonchev–Trinajstić information content (AvgIpc) is 2.86. The van der Waals surface area contributed by atoms with Crippen molar-refractivity contribution in [2.75, 3.05) is 0 Å². The van der Waals surface area contributed by atoms with Gasteiger partial charge in [0.15, 0.2) is 0 Å². The van der Waals surface area contributed by atoms with Crippen LogP contribution in [-0.2, 0) is 19.5 Å². The van der Waals surface area contributed by atoms with Crippen molar-refractivity contribution in [3.63, 3.8) is 0 Å². The van der Waals surface area contributed by atoms with Gasteiger partial charge in [0.2, 0.25) is 0 Å². The Bertz CT molecular complexity index is 485. The maximum absolute atomic E-state index is 4.44. The summed E-state index contributed by atoms with van der Waals surface area (Å²) in [6.07, 6.45) is 1.12. The van der Waals surface area contributed by atoms with Crippen LogP contribution in [0.5, 0.6) is 0 Å². The SMILES string of the molecule is CCc1ccsc1CNCc1sc(C)nc1C. The summed E-state index contributed by atoms with van der Waals surface area (Å²) in [6.45, 7) is 8.26. The number of hydrogen-bond donors (Lipinski definition) is 1. The Kier molecular flexibility index (Phi) is 4.31. The molecule has 2 nitrogen and oxygen atoms in total. The number of rotatable bonds is 5. The lowest BCUT2D eigenvalue weighted by Crippen LogP contribution is -2.12. The molecular formula is C13H18N2S2. The zero-order chi connectivity index (χ0) is 12.3. The lowest BCUT2D eigenvalue weighted by molar-refractivity contribution is 0.700. The molecule has 2 rings (SSSR count). The minimum atomic E-state index is 0.929.